The van der Waals surface area contributed by atoms with Crippen molar-refractivity contribution in [2.75, 3.05) is 13.1 Å². The lowest BCUT2D eigenvalue weighted by molar-refractivity contribution is -0.137. The number of aliphatic imine (C=N–C) groups is 1. The number of carbonyl (C=O) groups excluding carboxylic acids is 1. The average molecular weight is 481 g/mol. The molecule has 2 aliphatic heterocycles. The molecule has 12 heteroatoms. The van der Waals surface area contributed by atoms with Crippen molar-refractivity contribution in [3.8, 4) is 22.8 Å². The number of carbonyl (C=O) groups is 1. The molecular weight excluding hydrogens is 461 g/mol. The van der Waals surface area contributed by atoms with Gasteiger partial charge < -0.3 is 9.84 Å². The Morgan fingerprint density at radius 2 is 1.94 bits per heavy atom. The van der Waals surface area contributed by atoms with Crippen molar-refractivity contribution in [2.45, 2.75) is 32.4 Å². The van der Waals surface area contributed by atoms with E-state index in [-0.39, 0.29) is 47.9 Å². The van der Waals surface area contributed by atoms with Crippen LogP contribution in [-0.4, -0.2) is 44.8 Å². The van der Waals surface area contributed by atoms with E-state index in [0.717, 1.165) is 32.0 Å². The van der Waals surface area contributed by atoms with Gasteiger partial charge in [-0.25, -0.2) is 4.68 Å². The van der Waals surface area contributed by atoms with E-state index in [9.17, 15) is 18.0 Å². The van der Waals surface area contributed by atoms with Crippen molar-refractivity contribution in [1.29, 1.82) is 0 Å². The summed E-state index contributed by atoms with van der Waals surface area (Å²) in [7, 11) is 0. The van der Waals surface area contributed by atoms with E-state index >= 15 is 0 Å². The highest BCUT2D eigenvalue weighted by Crippen LogP contribution is 2.38. The van der Waals surface area contributed by atoms with Crippen molar-refractivity contribution in [2.24, 2.45) is 10.9 Å². The van der Waals surface area contributed by atoms with E-state index in [1.807, 2.05) is 0 Å². The maximum absolute atomic E-state index is 13.5. The number of nitrogens with one attached hydrogen (secondary N) is 1. The summed E-state index contributed by atoms with van der Waals surface area (Å²) in [5.74, 6) is 0.214. The fourth-order valence-electron chi connectivity index (χ4n) is 4.15. The van der Waals surface area contributed by atoms with E-state index in [0.29, 0.717) is 22.7 Å². The molecule has 1 amide bonds. The number of aromatic nitrogens is 4. The zero-order valence-corrected chi connectivity index (χ0v) is 18.3. The highest BCUT2D eigenvalue weighted by Gasteiger charge is 2.36. The minimum atomic E-state index is -4.57. The van der Waals surface area contributed by atoms with Gasteiger partial charge in [0.2, 0.25) is 5.82 Å². The molecule has 174 valence electrons. The minimum Gasteiger partial charge on any atom is -0.334 e. The molecule has 3 aromatic rings. The van der Waals surface area contributed by atoms with Gasteiger partial charge in [-0.15, -0.1) is 12.4 Å². The van der Waals surface area contributed by atoms with E-state index in [4.69, 9.17) is 4.52 Å². The van der Waals surface area contributed by atoms with Gasteiger partial charge in [0.05, 0.1) is 35.0 Å². The number of aryl methyl sites for hydroxylation is 1. The number of nitrogens with zero attached hydrogens (tertiary/aromatic N) is 5. The van der Waals surface area contributed by atoms with Crippen LogP contribution < -0.4 is 5.32 Å². The van der Waals surface area contributed by atoms with Crippen LogP contribution in [0.15, 0.2) is 33.9 Å². The van der Waals surface area contributed by atoms with E-state index < -0.39 is 11.7 Å². The average Bonchev–Trinajstić information content (AvgIpc) is 3.40. The molecule has 8 nitrogen and oxygen atoms in total. The number of benzene rings is 1. The van der Waals surface area contributed by atoms with Gasteiger partial charge >= 0.3 is 6.18 Å². The van der Waals surface area contributed by atoms with Gasteiger partial charge in [0, 0.05) is 5.92 Å². The Labute approximate surface area is 192 Å². The maximum atomic E-state index is 13.5. The predicted molar refractivity (Wildman–Crippen MR) is 115 cm³/mol. The van der Waals surface area contributed by atoms with Crippen LogP contribution in [0.4, 0.5) is 13.2 Å². The van der Waals surface area contributed by atoms with E-state index in [1.165, 1.54) is 12.3 Å². The van der Waals surface area contributed by atoms with Crippen LogP contribution in [-0.2, 0) is 17.4 Å². The van der Waals surface area contributed by atoms with Gasteiger partial charge in [0.1, 0.15) is 5.84 Å². The number of rotatable bonds is 3. The standard InChI is InChI=1S/C21H19F3N6O2.ClH/c1-11-2-3-13(15(8-11)21(22,23)24)20-28-18(29-32-20)14-10-26-30-16(14)9-17(31)27-19(30)12-4-6-25-7-5-12;/h2-3,8,10,12,25H,4-7,9H2,1H3;1H. The fourth-order valence-corrected chi connectivity index (χ4v) is 4.15. The van der Waals surface area contributed by atoms with E-state index in [2.05, 4.69) is 25.5 Å². The molecule has 0 radical (unpaired) electrons. The number of alkyl halides is 3. The largest absolute Gasteiger partial charge is 0.417 e. The van der Waals surface area contributed by atoms with Gasteiger partial charge in [0.15, 0.2) is 0 Å². The molecule has 0 atom stereocenters. The van der Waals surface area contributed by atoms with Crippen LogP contribution in [0.3, 0.4) is 0 Å². The lowest BCUT2D eigenvalue weighted by atomic mass is 9.95. The molecule has 0 spiro atoms. The van der Waals surface area contributed by atoms with Gasteiger partial charge in [-0.2, -0.15) is 28.2 Å². The maximum Gasteiger partial charge on any atom is 0.417 e. The Hall–Kier alpha value is -3.05. The van der Waals surface area contributed by atoms with Gasteiger partial charge in [-0.1, -0.05) is 16.8 Å². The van der Waals surface area contributed by atoms with Crippen LogP contribution in [0.5, 0.6) is 0 Å². The quantitative estimate of drug-likeness (QED) is 0.614. The van der Waals surface area contributed by atoms with E-state index in [1.54, 1.807) is 17.7 Å². The molecule has 0 bridgehead atoms. The van der Waals surface area contributed by atoms with Crippen LogP contribution in [0.25, 0.3) is 22.8 Å². The lowest BCUT2D eigenvalue weighted by Gasteiger charge is -2.26. The minimum absolute atomic E-state index is 0. The second-order valence-corrected chi connectivity index (χ2v) is 7.95. The molecule has 1 fully saturated rings. The molecule has 1 aromatic carbocycles. The van der Waals surface area contributed by atoms with Crippen LogP contribution in [0.1, 0.15) is 29.7 Å². The summed E-state index contributed by atoms with van der Waals surface area (Å²) in [6.07, 6.45) is -1.40. The Balaban J connectivity index is 0.00000259. The molecule has 0 unspecified atom stereocenters. The summed E-state index contributed by atoms with van der Waals surface area (Å²) in [6.45, 7) is 3.23. The zero-order valence-electron chi connectivity index (χ0n) is 17.5. The van der Waals surface area contributed by atoms with Crippen molar-refractivity contribution in [1.82, 2.24) is 25.2 Å². The summed E-state index contributed by atoms with van der Waals surface area (Å²) >= 11 is 0. The third-order valence-corrected chi connectivity index (χ3v) is 5.73. The van der Waals surface area contributed by atoms with Crippen molar-refractivity contribution >= 4 is 24.1 Å². The van der Waals surface area contributed by atoms with Crippen LogP contribution >= 0.6 is 12.4 Å². The summed E-state index contributed by atoms with van der Waals surface area (Å²) in [6, 6.07) is 3.91. The molecule has 2 aliphatic rings. The van der Waals surface area contributed by atoms with Crippen molar-refractivity contribution in [3.05, 3.63) is 41.2 Å². The molecule has 0 saturated carbocycles. The predicted octanol–water partition coefficient (Wildman–Crippen LogP) is 3.68. The first kappa shape index (κ1) is 23.1. The monoisotopic (exact) mass is 480 g/mol. The highest BCUT2D eigenvalue weighted by atomic mass is 35.5. The summed E-state index contributed by atoms with van der Waals surface area (Å²) < 4.78 is 47.4. The first-order valence-corrected chi connectivity index (χ1v) is 10.2. The van der Waals surface area contributed by atoms with Gasteiger partial charge in [0.25, 0.3) is 11.8 Å². The second kappa shape index (κ2) is 8.71. The Morgan fingerprint density at radius 3 is 2.67 bits per heavy atom. The third kappa shape index (κ3) is 4.30. The van der Waals surface area contributed by atoms with Crippen LogP contribution in [0.2, 0.25) is 0 Å². The molecule has 5 rings (SSSR count). The topological polar surface area (TPSA) is 98.2 Å². The molecule has 1 N–H and O–H groups in total. The number of hydrogen-bond donors (Lipinski definition) is 1. The van der Waals surface area contributed by atoms with Crippen LogP contribution in [0, 0.1) is 12.8 Å². The van der Waals surface area contributed by atoms with Crippen molar-refractivity contribution < 1.29 is 22.5 Å². The molecule has 0 aliphatic carbocycles. The summed E-state index contributed by atoms with van der Waals surface area (Å²) in [5.41, 5.74) is 0.423. The fraction of sp³-hybridized carbons (Fsp3) is 0.381. The molecule has 4 heterocycles. The van der Waals surface area contributed by atoms with Gasteiger partial charge in [-0.3, -0.25) is 4.79 Å². The Bertz CT molecular complexity index is 1230. The lowest BCUT2D eigenvalue weighted by Crippen LogP contribution is -2.38. The number of piperidine rings is 1. The molecule has 2 aromatic heterocycles. The van der Waals surface area contributed by atoms with Crippen molar-refractivity contribution in [3.63, 3.8) is 0 Å². The van der Waals surface area contributed by atoms with Gasteiger partial charge in [-0.05, 0) is 45.0 Å². The molecule has 1 saturated heterocycles. The summed E-state index contributed by atoms with van der Waals surface area (Å²) in [4.78, 5) is 20.8. The smallest absolute Gasteiger partial charge is 0.334 e. The Morgan fingerprint density at radius 1 is 1.18 bits per heavy atom. The first-order chi connectivity index (χ1) is 15.3. The first-order valence-electron chi connectivity index (χ1n) is 10.2. The zero-order chi connectivity index (χ0) is 22.5. The number of halogens is 4. The molecular formula is C21H20ClF3N6O2. The third-order valence-electron chi connectivity index (χ3n) is 5.73. The molecule has 33 heavy (non-hydrogen) atoms. The number of amides is 1. The Kier molecular flexibility index (Phi) is 6.10. The summed E-state index contributed by atoms with van der Waals surface area (Å²) in [5, 5.41) is 11.5. The SMILES string of the molecule is Cc1ccc(-c2nc(-c3cnn4c3CC(=O)N=C4C3CCNCC3)no2)c(C(F)(F)F)c1.Cl. The second-order valence-electron chi connectivity index (χ2n) is 7.95. The highest BCUT2D eigenvalue weighted by molar-refractivity contribution is 6.01. The normalized spacial score (nSPS) is 16.8. The number of hydrogen-bond acceptors (Lipinski definition) is 6. The number of fused-ring (bicyclic) bond motifs is 1.